The van der Waals surface area contributed by atoms with Crippen molar-refractivity contribution < 1.29 is 24.2 Å². The lowest BCUT2D eigenvalue weighted by Gasteiger charge is -2.37. The predicted octanol–water partition coefficient (Wildman–Crippen LogP) is 6.14. The molecule has 1 spiro atoms. The van der Waals surface area contributed by atoms with Gasteiger partial charge in [0.25, 0.3) is 5.91 Å². The fourth-order valence-electron chi connectivity index (χ4n) is 8.22. The van der Waals surface area contributed by atoms with Gasteiger partial charge in [-0.2, -0.15) is 0 Å². The van der Waals surface area contributed by atoms with Gasteiger partial charge in [-0.05, 0) is 60.7 Å². The van der Waals surface area contributed by atoms with Gasteiger partial charge in [0.05, 0.1) is 33.5 Å². The number of ether oxygens (including phenoxy) is 2. The van der Waals surface area contributed by atoms with E-state index in [2.05, 4.69) is 32.2 Å². The van der Waals surface area contributed by atoms with Gasteiger partial charge in [0, 0.05) is 36.7 Å². The lowest BCUT2D eigenvalue weighted by Crippen LogP contribution is -2.51. The Hall–Kier alpha value is -3.46. The molecular weight excluding hydrogens is 581 g/mol. The molecule has 2 amide bonds. The summed E-state index contributed by atoms with van der Waals surface area (Å²) in [6.45, 7) is 8.04. The van der Waals surface area contributed by atoms with E-state index in [1.54, 1.807) is 7.11 Å². The van der Waals surface area contributed by atoms with E-state index in [-0.39, 0.29) is 36.0 Å². The summed E-state index contributed by atoms with van der Waals surface area (Å²) in [6, 6.07) is 24.5. The van der Waals surface area contributed by atoms with Crippen molar-refractivity contribution in [2.75, 3.05) is 30.1 Å². The number of nitrogens with zero attached hydrogens (tertiary/aromatic N) is 2. The van der Waals surface area contributed by atoms with E-state index in [1.165, 1.54) is 5.19 Å². The number of methoxy groups -OCH3 is 1. The van der Waals surface area contributed by atoms with Crippen molar-refractivity contribution in [1.82, 2.24) is 0 Å². The summed E-state index contributed by atoms with van der Waals surface area (Å²) in [5.41, 5.74) is 2.70. The van der Waals surface area contributed by atoms with Crippen molar-refractivity contribution in [2.45, 2.75) is 82.3 Å². The van der Waals surface area contributed by atoms with E-state index in [9.17, 15) is 14.7 Å². The quantitative estimate of drug-likeness (QED) is 0.304. The fourth-order valence-corrected chi connectivity index (χ4v) is 12.3. The molecule has 238 valence electrons. The largest absolute Gasteiger partial charge is 0.497 e. The van der Waals surface area contributed by atoms with E-state index in [0.717, 1.165) is 60.5 Å². The van der Waals surface area contributed by atoms with Gasteiger partial charge >= 0.3 is 0 Å². The minimum atomic E-state index is -2.22. The molecule has 3 heterocycles. The third-order valence-electron chi connectivity index (χ3n) is 10.6. The zero-order valence-electron chi connectivity index (χ0n) is 27.0. The van der Waals surface area contributed by atoms with Crippen LogP contribution in [0, 0.1) is 5.92 Å². The van der Waals surface area contributed by atoms with E-state index < -0.39 is 13.7 Å². The first-order valence-electron chi connectivity index (χ1n) is 16.5. The maximum Gasteiger partial charge on any atom is 0.264 e. The second-order valence-electron chi connectivity index (χ2n) is 13.5. The Morgan fingerprint density at radius 2 is 1.67 bits per heavy atom. The van der Waals surface area contributed by atoms with Crippen LogP contribution in [0.3, 0.4) is 0 Å². The zero-order valence-corrected chi connectivity index (χ0v) is 28.0. The molecule has 0 aromatic heterocycles. The number of fused-ring (bicyclic) bond motifs is 2. The van der Waals surface area contributed by atoms with Gasteiger partial charge in [-0.3, -0.25) is 9.59 Å². The molecule has 3 aromatic rings. The first kappa shape index (κ1) is 31.5. The predicted molar refractivity (Wildman–Crippen MR) is 181 cm³/mol. The van der Waals surface area contributed by atoms with E-state index in [1.807, 2.05) is 70.5 Å². The van der Waals surface area contributed by atoms with Crippen molar-refractivity contribution in [1.29, 1.82) is 0 Å². The monoisotopic (exact) mass is 626 g/mol. The normalized spacial score (nSPS) is 25.4. The van der Waals surface area contributed by atoms with E-state index in [4.69, 9.17) is 9.47 Å². The topological polar surface area (TPSA) is 79.3 Å². The maximum atomic E-state index is 14.8. The summed E-state index contributed by atoms with van der Waals surface area (Å²) in [7, 11) is -0.543. The molecular formula is C37H46N2O5Si. The van der Waals surface area contributed by atoms with Crippen LogP contribution in [-0.4, -0.2) is 51.4 Å². The van der Waals surface area contributed by atoms with Crippen molar-refractivity contribution in [3.05, 3.63) is 83.9 Å². The minimum Gasteiger partial charge on any atom is -0.497 e. The number of aliphatic hydroxyl groups excluding tert-OH is 1. The summed E-state index contributed by atoms with van der Waals surface area (Å²) in [5.74, 6) is 0.870. The number of hydrogen-bond donors (Lipinski definition) is 1. The third kappa shape index (κ3) is 5.51. The summed E-state index contributed by atoms with van der Waals surface area (Å²) >= 11 is 0. The number of para-hydroxylation sites is 1. The number of anilines is 2. The van der Waals surface area contributed by atoms with Gasteiger partial charge in [-0.1, -0.05) is 80.5 Å². The van der Waals surface area contributed by atoms with Gasteiger partial charge in [-0.15, -0.1) is 0 Å². The van der Waals surface area contributed by atoms with Crippen molar-refractivity contribution in [2.24, 2.45) is 5.92 Å². The molecule has 0 unspecified atom stereocenters. The maximum absolute atomic E-state index is 14.8. The van der Waals surface area contributed by atoms with Crippen LogP contribution in [0.1, 0.15) is 56.6 Å². The Labute approximate surface area is 268 Å². The van der Waals surface area contributed by atoms with Gasteiger partial charge in [0.15, 0.2) is 5.60 Å². The molecule has 7 nitrogen and oxygen atoms in total. The SMILES string of the molecule is COc1ccc([Si](C)(C)[C@H]2[C@H](CCO)O[C@@]3(C(=O)N(Cc4ccc(N5CCCCCCC5=O)cc4)c4ccccc43)[C@@H]2C)cc1. The highest BCUT2D eigenvalue weighted by molar-refractivity contribution is 6.91. The first-order chi connectivity index (χ1) is 21.7. The molecule has 6 rings (SSSR count). The highest BCUT2D eigenvalue weighted by Gasteiger charge is 2.66. The average Bonchev–Trinajstić information content (AvgIpc) is 3.46. The number of hydrogen-bond acceptors (Lipinski definition) is 5. The Kier molecular flexibility index (Phi) is 8.92. The number of amides is 2. The van der Waals surface area contributed by atoms with Crippen molar-refractivity contribution >= 4 is 36.4 Å². The smallest absolute Gasteiger partial charge is 0.264 e. The molecule has 0 aliphatic carbocycles. The molecule has 3 aliphatic heterocycles. The molecule has 45 heavy (non-hydrogen) atoms. The molecule has 0 saturated carbocycles. The second-order valence-corrected chi connectivity index (χ2v) is 18.1. The lowest BCUT2D eigenvalue weighted by atomic mass is 9.82. The molecule has 0 radical (unpaired) electrons. The number of carbonyl (C=O) groups is 2. The Morgan fingerprint density at radius 3 is 2.38 bits per heavy atom. The van der Waals surface area contributed by atoms with E-state index in [0.29, 0.717) is 19.4 Å². The minimum absolute atomic E-state index is 0.00246. The Morgan fingerprint density at radius 1 is 0.956 bits per heavy atom. The zero-order chi connectivity index (χ0) is 31.8. The van der Waals surface area contributed by atoms with Gasteiger partial charge < -0.3 is 24.4 Å². The summed E-state index contributed by atoms with van der Waals surface area (Å²) < 4.78 is 12.4. The molecule has 3 aliphatic rings. The average molecular weight is 627 g/mol. The van der Waals surface area contributed by atoms with Gasteiger partial charge in [0.2, 0.25) is 5.91 Å². The second kappa shape index (κ2) is 12.7. The van der Waals surface area contributed by atoms with E-state index >= 15 is 0 Å². The third-order valence-corrected chi connectivity index (χ3v) is 14.9. The van der Waals surface area contributed by atoms with Crippen molar-refractivity contribution in [3.63, 3.8) is 0 Å². The summed E-state index contributed by atoms with van der Waals surface area (Å²) in [4.78, 5) is 31.4. The number of carbonyl (C=O) groups excluding carboxylic acids is 2. The molecule has 3 aromatic carbocycles. The van der Waals surface area contributed by atoms with Crippen LogP contribution in [-0.2, 0) is 26.5 Å². The number of rotatable bonds is 8. The lowest BCUT2D eigenvalue weighted by molar-refractivity contribution is -0.146. The molecule has 4 atom stereocenters. The van der Waals surface area contributed by atoms with Gasteiger partial charge in [0.1, 0.15) is 5.75 Å². The summed E-state index contributed by atoms with van der Waals surface area (Å²) in [5, 5.41) is 11.4. The van der Waals surface area contributed by atoms with Crippen LogP contribution < -0.4 is 19.7 Å². The first-order valence-corrected chi connectivity index (χ1v) is 19.5. The van der Waals surface area contributed by atoms with Crippen LogP contribution in [0.15, 0.2) is 72.8 Å². The molecule has 2 fully saturated rings. The van der Waals surface area contributed by atoms with Crippen LogP contribution in [0.4, 0.5) is 11.4 Å². The highest BCUT2D eigenvalue weighted by Crippen LogP contribution is 2.60. The molecule has 8 heteroatoms. The van der Waals surface area contributed by atoms with Crippen LogP contribution in [0.5, 0.6) is 5.75 Å². The Bertz CT molecular complexity index is 1520. The number of aliphatic hydroxyl groups is 1. The van der Waals surface area contributed by atoms with Crippen molar-refractivity contribution in [3.8, 4) is 5.75 Å². The Balaban J connectivity index is 1.31. The molecule has 2 saturated heterocycles. The standard InChI is InChI=1S/C37H46N2O5Si/c1-26-35(45(3,4)30-20-18-29(43-2)19-21-30)33(22-24-40)44-37(26)31-11-8-9-12-32(31)39(36(37)42)25-27-14-16-28(17-15-27)38-23-10-6-5-7-13-34(38)41/h8-9,11-12,14-21,26,33,35,40H,5-7,10,13,22-25H2,1-4H3/t26-,33+,35-,37+/m1/s1. The van der Waals surface area contributed by atoms with Crippen LogP contribution >= 0.6 is 0 Å². The summed E-state index contributed by atoms with van der Waals surface area (Å²) in [6.07, 6.45) is 5.07. The fraction of sp³-hybridized carbons (Fsp3) is 0.459. The molecule has 0 bridgehead atoms. The highest BCUT2D eigenvalue weighted by atomic mass is 28.3. The van der Waals surface area contributed by atoms with Crippen LogP contribution in [0.25, 0.3) is 0 Å². The van der Waals surface area contributed by atoms with Crippen LogP contribution in [0.2, 0.25) is 18.6 Å². The molecule has 1 N–H and O–H groups in total. The van der Waals surface area contributed by atoms with Gasteiger partial charge in [-0.25, -0.2) is 0 Å². The number of benzene rings is 3.